The van der Waals surface area contributed by atoms with Crippen LogP contribution in [0.15, 0.2) is 0 Å². The van der Waals surface area contributed by atoms with Crippen LogP contribution in [0.5, 0.6) is 0 Å². The Bertz CT molecular complexity index is 651. The van der Waals surface area contributed by atoms with E-state index in [1.165, 1.54) is 0 Å². The fraction of sp³-hybridized carbons (Fsp3) is 1.00. The van der Waals surface area contributed by atoms with Gasteiger partial charge in [-0.3, -0.25) is 0 Å². The third-order valence-corrected chi connectivity index (χ3v) is 8.55. The first-order valence-electron chi connectivity index (χ1n) is 18.1. The zero-order valence-corrected chi connectivity index (χ0v) is 30.2. The maximum absolute atomic E-state index is 10.9. The third kappa shape index (κ3) is 23.3. The molecule has 0 saturated heterocycles. The van der Waals surface area contributed by atoms with Crippen LogP contribution >= 0.6 is 0 Å². The summed E-state index contributed by atoms with van der Waals surface area (Å²) in [6, 6.07) is 0. The average Bonchev–Trinajstić information content (AvgIpc) is 2.96. The third-order valence-electron chi connectivity index (χ3n) is 8.55. The average molecular weight is 653 g/mol. The lowest BCUT2D eigenvalue weighted by Crippen LogP contribution is -2.58. The van der Waals surface area contributed by atoms with Crippen molar-refractivity contribution in [3.05, 3.63) is 0 Å². The maximum atomic E-state index is 10.9. The largest absolute Gasteiger partial charge is 0.437 e. The molecule has 0 bridgehead atoms. The number of rotatable bonds is 32. The van der Waals surface area contributed by atoms with Gasteiger partial charge >= 0.3 is 42.3 Å². The number of nitrogens with zero attached hydrogens (tertiary/aromatic N) is 4. The van der Waals surface area contributed by atoms with E-state index in [-0.39, 0.29) is 6.17 Å². The lowest BCUT2D eigenvalue weighted by Gasteiger charge is -2.42. The van der Waals surface area contributed by atoms with Gasteiger partial charge in [-0.15, -0.1) is 0 Å². The summed E-state index contributed by atoms with van der Waals surface area (Å²) in [5.74, 6) is 0. The van der Waals surface area contributed by atoms with Gasteiger partial charge in [-0.1, -0.05) is 19.3 Å². The summed E-state index contributed by atoms with van der Waals surface area (Å²) in [5.41, 5.74) is 5.71. The predicted octanol–water partition coefficient (Wildman–Crippen LogP) is -0.389. The monoisotopic (exact) mass is 654 g/mol. The summed E-state index contributed by atoms with van der Waals surface area (Å²) < 4.78 is 0. The Morgan fingerprint density at radius 1 is 0.478 bits per heavy atom. The highest BCUT2D eigenvalue weighted by Gasteiger charge is 2.33. The van der Waals surface area contributed by atoms with Gasteiger partial charge in [-0.2, -0.15) is 0 Å². The molecule has 0 aliphatic carbocycles. The summed E-state index contributed by atoms with van der Waals surface area (Å²) in [4.78, 5) is 8.28. The van der Waals surface area contributed by atoms with Crippen molar-refractivity contribution < 1.29 is 30.1 Å². The summed E-state index contributed by atoms with van der Waals surface area (Å²) >= 11 is 0. The van der Waals surface area contributed by atoms with Crippen molar-refractivity contribution in [3.63, 3.8) is 0 Å². The number of hydrogen-bond acceptors (Lipinski definition) is 13. The minimum atomic E-state index is -0.685. The van der Waals surface area contributed by atoms with E-state index in [0.29, 0.717) is 32.7 Å². The molecular formula is C27H69B6N7O6. The first-order valence-corrected chi connectivity index (χ1v) is 18.1. The van der Waals surface area contributed by atoms with Gasteiger partial charge in [0.15, 0.2) is 0 Å². The van der Waals surface area contributed by atoms with Crippen LogP contribution in [0.2, 0.25) is 40.9 Å². The molecule has 0 atom stereocenters. The quantitative estimate of drug-likeness (QED) is 0.0260. The van der Waals surface area contributed by atoms with E-state index in [0.717, 1.165) is 96.8 Å². The first-order chi connectivity index (χ1) is 21.8. The second-order valence-electron chi connectivity index (χ2n) is 12.9. The van der Waals surface area contributed by atoms with Gasteiger partial charge in [0.1, 0.15) is 0 Å². The Morgan fingerprint density at radius 3 is 1.20 bits per heavy atom. The Balaban J connectivity index is 5.32. The second kappa shape index (κ2) is 28.7. The minimum absolute atomic E-state index is 0.128. The molecule has 10 N–H and O–H groups in total. The molecule has 0 aromatic heterocycles. The molecule has 0 amide bonds. The van der Waals surface area contributed by atoms with Gasteiger partial charge in [0.05, 0.1) is 0 Å². The highest BCUT2D eigenvalue weighted by Crippen LogP contribution is 2.19. The van der Waals surface area contributed by atoms with Gasteiger partial charge < -0.3 is 65.6 Å². The van der Waals surface area contributed by atoms with Crippen molar-refractivity contribution in [2.24, 2.45) is 5.73 Å². The van der Waals surface area contributed by atoms with Crippen LogP contribution in [0.4, 0.5) is 0 Å². The van der Waals surface area contributed by atoms with Crippen LogP contribution in [0.3, 0.4) is 0 Å². The summed E-state index contributed by atoms with van der Waals surface area (Å²) in [6.07, 6.45) is 9.82. The number of hydrogen-bond donors (Lipinski definition) is 9. The van der Waals surface area contributed by atoms with E-state index in [2.05, 4.69) is 20.1 Å². The maximum Gasteiger partial charge on any atom is 0.377 e. The fourth-order valence-electron chi connectivity index (χ4n) is 5.89. The second-order valence-corrected chi connectivity index (χ2v) is 12.9. The molecule has 0 spiro atoms. The van der Waals surface area contributed by atoms with Crippen LogP contribution in [0.25, 0.3) is 0 Å². The molecule has 0 aromatic rings. The van der Waals surface area contributed by atoms with Gasteiger partial charge in [0, 0.05) is 6.17 Å². The molecule has 0 saturated carbocycles. The number of unbranched alkanes of at least 4 members (excludes halogenated alkanes) is 5. The van der Waals surface area contributed by atoms with Crippen molar-refractivity contribution in [1.29, 1.82) is 0 Å². The molecule has 0 unspecified atom stereocenters. The molecule has 13 nitrogen and oxygen atoms in total. The highest BCUT2D eigenvalue weighted by molar-refractivity contribution is 6.47. The topological polar surface area (TPSA) is 184 Å². The molecule has 0 heterocycles. The van der Waals surface area contributed by atoms with Crippen molar-refractivity contribution in [2.75, 3.05) is 58.9 Å². The molecule has 0 aliphatic heterocycles. The molecular weight excluding hydrogens is 583 g/mol. The zero-order chi connectivity index (χ0) is 34.9. The van der Waals surface area contributed by atoms with E-state index in [1.807, 2.05) is 9.62 Å². The predicted molar refractivity (Wildman–Crippen MR) is 199 cm³/mol. The van der Waals surface area contributed by atoms with Crippen molar-refractivity contribution in [3.8, 4) is 0 Å². The Morgan fingerprint density at radius 2 is 0.848 bits per heavy atom. The summed E-state index contributed by atoms with van der Waals surface area (Å²) in [7, 11) is -3.58. The van der Waals surface area contributed by atoms with E-state index >= 15 is 0 Å². The molecule has 0 aliphatic rings. The number of nitrogens with one attached hydrogen (secondary N) is 2. The Labute approximate surface area is 284 Å². The molecule has 0 rings (SSSR count). The standard InChI is InChI=1S/C27H69B6N7O6/c1-28(41)35-19-15-23-37(30(3)43)21-11-13-25-39(32(5)45)27(17-9-7-8-10-18-34)40(33(6)46)26-14-12-22-38(31(4)44)24-16-20-36-29(2)42/h27,35-36,41-46H,7-26,34H2,1-6H3. The molecule has 0 fully saturated rings. The number of nitrogens with two attached hydrogens (primary N) is 1. The van der Waals surface area contributed by atoms with Crippen LogP contribution in [-0.4, -0.2) is 157 Å². The van der Waals surface area contributed by atoms with Gasteiger partial charge in [0.2, 0.25) is 0 Å². The summed E-state index contributed by atoms with van der Waals surface area (Å²) in [6.45, 7) is 16.8. The fourth-order valence-corrected chi connectivity index (χ4v) is 5.89. The van der Waals surface area contributed by atoms with Crippen LogP contribution in [0.1, 0.15) is 70.6 Å². The Hall–Kier alpha value is -0.130. The van der Waals surface area contributed by atoms with Crippen LogP contribution < -0.4 is 16.2 Å². The van der Waals surface area contributed by atoms with Gasteiger partial charge in [0.25, 0.3) is 0 Å². The lowest BCUT2D eigenvalue weighted by molar-refractivity contribution is 0.126. The molecule has 0 radical (unpaired) electrons. The molecule has 0 aromatic carbocycles. The SMILES string of the molecule is CB(O)NCCCN(CCCCN(B(C)O)C(CCCCCCN)N(CCCCN(CCCNB(C)O)B(C)O)B(C)O)B(C)O. The first kappa shape index (κ1) is 45.9. The van der Waals surface area contributed by atoms with Crippen LogP contribution in [-0.2, 0) is 0 Å². The normalized spacial score (nSPS) is 11.9. The van der Waals surface area contributed by atoms with E-state index in [9.17, 15) is 30.1 Å². The van der Waals surface area contributed by atoms with E-state index in [4.69, 9.17) is 5.73 Å². The molecule has 266 valence electrons. The summed E-state index contributed by atoms with van der Waals surface area (Å²) in [5, 5.41) is 67.3. The van der Waals surface area contributed by atoms with Crippen LogP contribution in [0, 0.1) is 0 Å². The zero-order valence-electron chi connectivity index (χ0n) is 30.2. The van der Waals surface area contributed by atoms with Crippen molar-refractivity contribution in [1.82, 2.24) is 29.7 Å². The van der Waals surface area contributed by atoms with Crippen molar-refractivity contribution >= 4 is 42.3 Å². The molecule has 46 heavy (non-hydrogen) atoms. The van der Waals surface area contributed by atoms with E-state index in [1.54, 1.807) is 40.9 Å². The molecule has 19 heteroatoms. The highest BCUT2D eigenvalue weighted by atomic mass is 16.2. The lowest BCUT2D eigenvalue weighted by atomic mass is 9.78. The van der Waals surface area contributed by atoms with E-state index < -0.39 is 42.3 Å². The smallest absolute Gasteiger partial charge is 0.377 e. The Kier molecular flexibility index (Phi) is 28.6. The van der Waals surface area contributed by atoms with Gasteiger partial charge in [-0.05, 0) is 151 Å². The van der Waals surface area contributed by atoms with Gasteiger partial charge in [-0.25, -0.2) is 0 Å². The van der Waals surface area contributed by atoms with Crippen molar-refractivity contribution in [2.45, 2.75) is 118 Å². The minimum Gasteiger partial charge on any atom is -0.437 e.